The lowest BCUT2D eigenvalue weighted by Gasteiger charge is -1.57. The highest BCUT2D eigenvalue weighted by molar-refractivity contribution is 5.54. The molecule has 0 aliphatic carbocycles. The number of nitrogens with one attached hydrogen (secondary N) is 2. The zero-order valence-corrected chi connectivity index (χ0v) is 2.28. The molecule has 23 valence electrons. The van der Waals surface area contributed by atoms with Gasteiger partial charge in [-0.1, -0.05) is 0 Å². The van der Waals surface area contributed by atoms with Crippen molar-refractivity contribution in [3.8, 4) is 0 Å². The molecular weight excluding hydrogens is 52.0 g/mol. The fourth-order valence-corrected chi connectivity index (χ4v) is 0. The Morgan fingerprint density at radius 2 is 2.00 bits per heavy atom. The van der Waals surface area contributed by atoms with Gasteiger partial charge in [-0.2, -0.15) is 0 Å². The van der Waals surface area contributed by atoms with Gasteiger partial charge in [-0.25, -0.2) is 0 Å². The van der Waals surface area contributed by atoms with Crippen molar-refractivity contribution in [2.24, 2.45) is 0 Å². The third-order valence-corrected chi connectivity index (χ3v) is 0.102. The van der Waals surface area contributed by atoms with Crippen LogP contribution in [0.2, 0.25) is 0 Å². The molecule has 0 atom stereocenters. The predicted molar refractivity (Wildman–Crippen MR) is 16.7 cm³/mol. The molecule has 2 heteroatoms. The Morgan fingerprint density at radius 3 is 2.00 bits per heavy atom. The number of rotatable bonds is 1. The second-order valence-corrected chi connectivity index (χ2v) is 0.408. The fraction of sp³-hybridized carbons (Fsp3) is 0.500. The first-order valence-electron chi connectivity index (χ1n) is 1.05. The van der Waals surface area contributed by atoms with Gasteiger partial charge in [-0.05, 0) is 0 Å². The molecule has 2 N–H and O–H groups in total. The van der Waals surface area contributed by atoms with Crippen molar-refractivity contribution in [1.29, 1.82) is 5.41 Å². The van der Waals surface area contributed by atoms with Crippen LogP contribution in [0.1, 0.15) is 0 Å². The van der Waals surface area contributed by atoms with Gasteiger partial charge in [-0.3, -0.25) is 5.73 Å². The third kappa shape index (κ3) is 1.63. The van der Waals surface area contributed by atoms with E-state index in [4.69, 9.17) is 11.1 Å². The minimum Gasteiger partial charge on any atom is -0.312 e. The first-order chi connectivity index (χ1) is 1.91. The van der Waals surface area contributed by atoms with E-state index in [1.54, 1.807) is 0 Å². The minimum atomic E-state index is 0.111. The van der Waals surface area contributed by atoms with Crippen molar-refractivity contribution >= 4 is 6.21 Å². The average molecular weight is 57.1 g/mol. The second-order valence-electron chi connectivity index (χ2n) is 0.408. The van der Waals surface area contributed by atoms with Crippen LogP contribution in [-0.2, 0) is 0 Å². The molecule has 0 amide bonds. The van der Waals surface area contributed by atoms with E-state index in [1.807, 2.05) is 0 Å². The maximum Gasteiger partial charge on any atom is 0.0447 e. The highest BCUT2D eigenvalue weighted by Gasteiger charge is 1.47. The molecule has 0 saturated heterocycles. The van der Waals surface area contributed by atoms with Crippen molar-refractivity contribution < 1.29 is 0 Å². The molecule has 0 aliphatic heterocycles. The monoisotopic (exact) mass is 57.0 g/mol. The molecule has 2 nitrogen and oxygen atoms in total. The standard InChI is InChI=1S/C2H5N2/c3-1-2-4/h1,3-4H,2H2. The first kappa shape index (κ1) is 3.63. The summed E-state index contributed by atoms with van der Waals surface area (Å²) in [5.74, 6) is 0. The lowest BCUT2D eigenvalue weighted by molar-refractivity contribution is 1.25. The van der Waals surface area contributed by atoms with E-state index in [2.05, 4.69) is 0 Å². The highest BCUT2D eigenvalue weighted by Crippen LogP contribution is 1.26. The zero-order valence-electron chi connectivity index (χ0n) is 2.28. The lowest BCUT2D eigenvalue weighted by atomic mass is 10.8. The second kappa shape index (κ2) is 2.63. The van der Waals surface area contributed by atoms with E-state index in [9.17, 15) is 0 Å². The summed E-state index contributed by atoms with van der Waals surface area (Å²) in [5, 5.41) is 6.14. The quantitative estimate of drug-likeness (QED) is 0.409. The molecule has 0 unspecified atom stereocenters. The Bertz CT molecular complexity index is 18.0. The Balaban J connectivity index is 2.30. The minimum absolute atomic E-state index is 0.111. The van der Waals surface area contributed by atoms with Gasteiger partial charge in [0.2, 0.25) is 0 Å². The third-order valence-electron chi connectivity index (χ3n) is 0.102. The molecule has 4 heavy (non-hydrogen) atoms. The van der Waals surface area contributed by atoms with Crippen LogP contribution in [0.4, 0.5) is 0 Å². The molecule has 0 aromatic heterocycles. The molecular formula is C2H5N2. The van der Waals surface area contributed by atoms with Crippen molar-refractivity contribution in [3.05, 3.63) is 0 Å². The van der Waals surface area contributed by atoms with Crippen LogP contribution in [0, 0.1) is 5.41 Å². The van der Waals surface area contributed by atoms with Crippen molar-refractivity contribution in [2.75, 3.05) is 6.54 Å². The Labute approximate surface area is 25.1 Å². The zero-order chi connectivity index (χ0) is 3.41. The molecule has 0 saturated carbocycles. The molecule has 0 aromatic carbocycles. The predicted octanol–water partition coefficient (Wildman–Crippen LogP) is -0.0811. The van der Waals surface area contributed by atoms with Crippen molar-refractivity contribution in [3.63, 3.8) is 0 Å². The van der Waals surface area contributed by atoms with E-state index < -0.39 is 0 Å². The van der Waals surface area contributed by atoms with E-state index >= 15 is 0 Å². The van der Waals surface area contributed by atoms with Crippen LogP contribution in [0.25, 0.3) is 0 Å². The summed E-state index contributed by atoms with van der Waals surface area (Å²) in [5.41, 5.74) is 6.21. The SMILES string of the molecule is [NH]CC=N. The van der Waals surface area contributed by atoms with Gasteiger partial charge in [0.25, 0.3) is 0 Å². The fourth-order valence-electron chi connectivity index (χ4n) is 0. The summed E-state index contributed by atoms with van der Waals surface area (Å²) < 4.78 is 0. The molecule has 0 rings (SSSR count). The van der Waals surface area contributed by atoms with Gasteiger partial charge in [-0.15, -0.1) is 0 Å². The van der Waals surface area contributed by atoms with Gasteiger partial charge in [0.1, 0.15) is 0 Å². The van der Waals surface area contributed by atoms with Crippen LogP contribution < -0.4 is 5.73 Å². The van der Waals surface area contributed by atoms with Crippen LogP contribution in [0.15, 0.2) is 0 Å². The summed E-state index contributed by atoms with van der Waals surface area (Å²) in [6.07, 6.45) is 1.04. The Morgan fingerprint density at radius 1 is 1.75 bits per heavy atom. The highest BCUT2D eigenvalue weighted by atomic mass is 14.5. The number of hydrogen-bond donors (Lipinski definition) is 1. The average Bonchev–Trinajstić information content (AvgIpc) is 1.37. The molecule has 0 aromatic rings. The van der Waals surface area contributed by atoms with Crippen LogP contribution >= 0.6 is 0 Å². The Kier molecular flexibility index (Phi) is 2.39. The first-order valence-corrected chi connectivity index (χ1v) is 1.05. The van der Waals surface area contributed by atoms with E-state index in [1.165, 1.54) is 0 Å². The van der Waals surface area contributed by atoms with Crippen molar-refractivity contribution in [2.45, 2.75) is 0 Å². The van der Waals surface area contributed by atoms with Gasteiger partial charge in [0, 0.05) is 12.8 Å². The summed E-state index contributed by atoms with van der Waals surface area (Å²) in [6.45, 7) is 0.111. The summed E-state index contributed by atoms with van der Waals surface area (Å²) >= 11 is 0. The molecule has 0 heterocycles. The maximum absolute atomic E-state index is 6.21. The summed E-state index contributed by atoms with van der Waals surface area (Å²) in [6, 6.07) is 0. The molecule has 1 radical (unpaired) electrons. The van der Waals surface area contributed by atoms with Crippen LogP contribution in [0.3, 0.4) is 0 Å². The maximum atomic E-state index is 6.21. The van der Waals surface area contributed by atoms with Gasteiger partial charge in [0.05, 0.1) is 0 Å². The van der Waals surface area contributed by atoms with Crippen molar-refractivity contribution in [1.82, 2.24) is 5.73 Å². The smallest absolute Gasteiger partial charge is 0.0447 e. The topological polar surface area (TPSA) is 47.7 Å². The summed E-state index contributed by atoms with van der Waals surface area (Å²) in [7, 11) is 0. The largest absolute Gasteiger partial charge is 0.312 e. The molecule has 0 bridgehead atoms. The molecule has 0 aliphatic rings. The van der Waals surface area contributed by atoms with Crippen LogP contribution in [0.5, 0.6) is 0 Å². The Hall–Kier alpha value is -0.370. The van der Waals surface area contributed by atoms with Gasteiger partial charge in [0.15, 0.2) is 0 Å². The van der Waals surface area contributed by atoms with Gasteiger partial charge >= 0.3 is 0 Å². The molecule has 0 fully saturated rings. The van der Waals surface area contributed by atoms with E-state index in [0.29, 0.717) is 0 Å². The normalized spacial score (nSPS) is 6.25. The van der Waals surface area contributed by atoms with Gasteiger partial charge < -0.3 is 5.41 Å². The number of hydrogen-bond acceptors (Lipinski definition) is 1. The lowest BCUT2D eigenvalue weighted by Crippen LogP contribution is -1.78. The molecule has 0 spiro atoms. The van der Waals surface area contributed by atoms with Crippen LogP contribution in [-0.4, -0.2) is 12.8 Å². The summed E-state index contributed by atoms with van der Waals surface area (Å²) in [4.78, 5) is 0. The van der Waals surface area contributed by atoms with E-state index in [0.717, 1.165) is 6.21 Å². The van der Waals surface area contributed by atoms with E-state index in [-0.39, 0.29) is 6.54 Å².